The van der Waals surface area contributed by atoms with E-state index in [9.17, 15) is 0 Å². The van der Waals surface area contributed by atoms with E-state index in [1.807, 2.05) is 6.92 Å². The first kappa shape index (κ1) is 19.1. The molecular formula is C20H35NO5. The molecular weight excluding hydrogens is 334 g/mol. The molecule has 4 saturated heterocycles. The monoisotopic (exact) mass is 369 g/mol. The van der Waals surface area contributed by atoms with E-state index in [4.69, 9.17) is 24.0 Å². The Morgan fingerprint density at radius 1 is 1.08 bits per heavy atom. The number of hydrogen-bond acceptors (Lipinski definition) is 6. The van der Waals surface area contributed by atoms with Crippen molar-refractivity contribution in [2.24, 2.45) is 23.7 Å². The van der Waals surface area contributed by atoms with Crippen LogP contribution in [0, 0.1) is 23.7 Å². The summed E-state index contributed by atoms with van der Waals surface area (Å²) >= 11 is 0. The van der Waals surface area contributed by atoms with Crippen molar-refractivity contribution in [3.63, 3.8) is 0 Å². The molecule has 1 spiro atoms. The molecule has 0 radical (unpaired) electrons. The lowest BCUT2D eigenvalue weighted by molar-refractivity contribution is -0.577. The van der Waals surface area contributed by atoms with Crippen molar-refractivity contribution >= 4 is 0 Å². The smallest absolute Gasteiger partial charge is 0.201 e. The zero-order valence-corrected chi connectivity index (χ0v) is 16.7. The van der Waals surface area contributed by atoms with E-state index in [1.165, 1.54) is 6.42 Å². The van der Waals surface area contributed by atoms with Crippen LogP contribution in [0.4, 0.5) is 0 Å². The summed E-state index contributed by atoms with van der Waals surface area (Å²) in [5, 5.41) is 3.38. The minimum atomic E-state index is -0.717. The average Bonchev–Trinajstić information content (AvgIpc) is 2.85. The maximum atomic E-state index is 6.39. The Bertz CT molecular complexity index is 505. The van der Waals surface area contributed by atoms with Crippen LogP contribution in [0.5, 0.6) is 0 Å². The van der Waals surface area contributed by atoms with Gasteiger partial charge in [0.25, 0.3) is 0 Å². The quantitative estimate of drug-likeness (QED) is 0.573. The predicted molar refractivity (Wildman–Crippen MR) is 95.9 cm³/mol. The van der Waals surface area contributed by atoms with Crippen LogP contribution >= 0.6 is 0 Å². The average molecular weight is 370 g/mol. The van der Waals surface area contributed by atoms with Crippen LogP contribution in [-0.2, 0) is 24.0 Å². The highest BCUT2D eigenvalue weighted by atomic mass is 17.3. The highest BCUT2D eigenvalue weighted by molar-refractivity contribution is 5.09. The molecule has 1 aliphatic carbocycles. The zero-order chi connectivity index (χ0) is 18.4. The zero-order valence-electron chi connectivity index (χ0n) is 16.7. The number of fused-ring (bicyclic) bond motifs is 2. The second-order valence-corrected chi connectivity index (χ2v) is 8.89. The second-order valence-electron chi connectivity index (χ2n) is 8.89. The molecule has 5 aliphatic rings. The third-order valence-electron chi connectivity index (χ3n) is 7.08. The molecule has 1 N–H and O–H groups in total. The lowest BCUT2D eigenvalue weighted by Gasteiger charge is -2.60. The summed E-state index contributed by atoms with van der Waals surface area (Å²) in [6, 6.07) is 0. The maximum Gasteiger partial charge on any atom is 0.201 e. The van der Waals surface area contributed by atoms with Crippen molar-refractivity contribution in [3.8, 4) is 0 Å². The van der Waals surface area contributed by atoms with E-state index in [0.717, 1.165) is 38.8 Å². The van der Waals surface area contributed by atoms with Crippen molar-refractivity contribution in [1.29, 1.82) is 0 Å². The lowest BCUT2D eigenvalue weighted by atomic mass is 9.58. The summed E-state index contributed by atoms with van der Waals surface area (Å²) in [5.41, 5.74) is -0.493. The lowest BCUT2D eigenvalue weighted by Crippen LogP contribution is -2.70. The highest BCUT2D eigenvalue weighted by Crippen LogP contribution is 2.60. The van der Waals surface area contributed by atoms with Crippen LogP contribution in [0.15, 0.2) is 0 Å². The van der Waals surface area contributed by atoms with Crippen molar-refractivity contribution in [2.45, 2.75) is 83.8 Å². The number of ether oxygens (including phenoxy) is 3. The van der Waals surface area contributed by atoms with Gasteiger partial charge in [0.05, 0.1) is 6.61 Å². The van der Waals surface area contributed by atoms with E-state index >= 15 is 0 Å². The third-order valence-corrected chi connectivity index (χ3v) is 7.08. The number of hydrogen-bond donors (Lipinski definition) is 1. The molecule has 0 aromatic rings. The highest BCUT2D eigenvalue weighted by Gasteiger charge is 2.69. The van der Waals surface area contributed by atoms with Gasteiger partial charge < -0.3 is 19.5 Å². The summed E-state index contributed by atoms with van der Waals surface area (Å²) in [6.07, 6.45) is 4.71. The molecule has 0 aromatic carbocycles. The van der Waals surface area contributed by atoms with Crippen molar-refractivity contribution in [3.05, 3.63) is 0 Å². The van der Waals surface area contributed by atoms with Crippen LogP contribution in [0.3, 0.4) is 0 Å². The van der Waals surface area contributed by atoms with E-state index in [1.54, 1.807) is 0 Å². The molecule has 2 unspecified atom stereocenters. The summed E-state index contributed by atoms with van der Waals surface area (Å²) in [7, 11) is 0. The first-order valence-electron chi connectivity index (χ1n) is 10.5. The Morgan fingerprint density at radius 2 is 1.92 bits per heavy atom. The molecule has 6 nitrogen and oxygen atoms in total. The normalized spacial score (nSPS) is 50.3. The van der Waals surface area contributed by atoms with Gasteiger partial charge in [-0.25, -0.2) is 9.78 Å². The van der Waals surface area contributed by atoms with Crippen molar-refractivity contribution < 1.29 is 24.0 Å². The molecule has 0 amide bonds. The van der Waals surface area contributed by atoms with Crippen LogP contribution in [0.2, 0.25) is 0 Å². The largest absolute Gasteiger partial charge is 0.351 e. The van der Waals surface area contributed by atoms with Crippen molar-refractivity contribution in [2.75, 3.05) is 19.7 Å². The molecule has 5 rings (SSSR count). The standard InChI is InChI=1S/C20H35NO5/c1-5-10-21-11-12-22-17-14(3)16-7-6-13(2)15-8-9-19(4)24-18(23-17)20(15,16)26-25-19/h13-18,21H,5-12H2,1-4H3/t13-,14-,15?,16?,17+,18-,19-,20-/m1/s1. The molecule has 150 valence electrons. The Hall–Kier alpha value is -0.240. The topological polar surface area (TPSA) is 58.2 Å². The van der Waals surface area contributed by atoms with E-state index < -0.39 is 17.7 Å². The fourth-order valence-electron chi connectivity index (χ4n) is 5.61. The van der Waals surface area contributed by atoms with E-state index in [-0.39, 0.29) is 12.2 Å². The van der Waals surface area contributed by atoms with Gasteiger partial charge in [0.2, 0.25) is 5.79 Å². The molecule has 6 heteroatoms. The van der Waals surface area contributed by atoms with Gasteiger partial charge in [-0.2, -0.15) is 0 Å². The van der Waals surface area contributed by atoms with E-state index in [0.29, 0.717) is 24.4 Å². The van der Waals surface area contributed by atoms with Gasteiger partial charge >= 0.3 is 0 Å². The maximum absolute atomic E-state index is 6.39. The van der Waals surface area contributed by atoms with Crippen LogP contribution in [-0.4, -0.2) is 43.7 Å². The predicted octanol–water partition coefficient (Wildman–Crippen LogP) is 3.21. The molecule has 0 aromatic heterocycles. The summed E-state index contributed by atoms with van der Waals surface area (Å²) in [6.45, 7) is 11.2. The van der Waals surface area contributed by atoms with Gasteiger partial charge in [-0.3, -0.25) is 0 Å². The fourth-order valence-corrected chi connectivity index (χ4v) is 5.61. The van der Waals surface area contributed by atoms with Crippen LogP contribution < -0.4 is 5.32 Å². The molecule has 26 heavy (non-hydrogen) atoms. The Labute approximate surface area is 157 Å². The fraction of sp³-hybridized carbons (Fsp3) is 1.00. The first-order valence-corrected chi connectivity index (χ1v) is 10.5. The minimum Gasteiger partial charge on any atom is -0.351 e. The van der Waals surface area contributed by atoms with Gasteiger partial charge in [-0.05, 0) is 51.0 Å². The SMILES string of the molecule is CCCNCCO[C@H]1O[C@@H]2O[C@@]3(C)CCC4[C@H](C)CCC([C@H]1C)[C@]42OO3. The van der Waals surface area contributed by atoms with Gasteiger partial charge in [-0.15, -0.1) is 0 Å². The molecule has 1 saturated carbocycles. The summed E-state index contributed by atoms with van der Waals surface area (Å²) in [5.74, 6) is 0.865. The Balaban J connectivity index is 1.53. The van der Waals surface area contributed by atoms with Gasteiger partial charge in [0, 0.05) is 24.8 Å². The van der Waals surface area contributed by atoms with E-state index in [2.05, 4.69) is 26.1 Å². The number of rotatable bonds is 6. The molecule has 8 atom stereocenters. The third kappa shape index (κ3) is 3.03. The number of nitrogens with one attached hydrogen (secondary N) is 1. The minimum absolute atomic E-state index is 0.250. The Morgan fingerprint density at radius 3 is 2.73 bits per heavy atom. The summed E-state index contributed by atoms with van der Waals surface area (Å²) < 4.78 is 18.8. The first-order chi connectivity index (χ1) is 12.5. The second kappa shape index (κ2) is 7.30. The van der Waals surface area contributed by atoms with Crippen molar-refractivity contribution in [1.82, 2.24) is 5.32 Å². The van der Waals surface area contributed by atoms with Gasteiger partial charge in [-0.1, -0.05) is 20.8 Å². The van der Waals surface area contributed by atoms with Gasteiger partial charge in [0.15, 0.2) is 18.2 Å². The van der Waals surface area contributed by atoms with Crippen LogP contribution in [0.1, 0.15) is 59.8 Å². The van der Waals surface area contributed by atoms with Crippen LogP contribution in [0.25, 0.3) is 0 Å². The molecule has 4 aliphatic heterocycles. The molecule has 2 bridgehead atoms. The van der Waals surface area contributed by atoms with Gasteiger partial charge in [0.1, 0.15) is 0 Å². The molecule has 4 heterocycles. The molecule has 5 fully saturated rings. The Kier molecular flexibility index (Phi) is 5.36. The summed E-state index contributed by atoms with van der Waals surface area (Å²) in [4.78, 5) is 12.0.